The Hall–Kier alpha value is -7.88. The number of ether oxygens (including phenoxy) is 1. The van der Waals surface area contributed by atoms with Gasteiger partial charge in [0.25, 0.3) is 0 Å². The molecule has 2 aliphatic rings. The van der Waals surface area contributed by atoms with Crippen molar-refractivity contribution in [2.45, 2.75) is 32.1 Å². The van der Waals surface area contributed by atoms with Gasteiger partial charge >= 0.3 is 0 Å². The van der Waals surface area contributed by atoms with Crippen LogP contribution in [0.25, 0.3) is 45.5 Å². The molecular formula is C61H48N2O. The van der Waals surface area contributed by atoms with Crippen molar-refractivity contribution in [2.24, 2.45) is 0 Å². The molecule has 0 atom stereocenters. The van der Waals surface area contributed by atoms with E-state index in [2.05, 4.69) is 230 Å². The molecule has 1 aliphatic carbocycles. The summed E-state index contributed by atoms with van der Waals surface area (Å²) >= 11 is 0. The minimum atomic E-state index is -0.0867. The molecule has 308 valence electrons. The van der Waals surface area contributed by atoms with Gasteiger partial charge in [-0.25, -0.2) is 0 Å². The molecule has 3 nitrogen and oxygen atoms in total. The molecule has 64 heavy (non-hydrogen) atoms. The van der Waals surface area contributed by atoms with E-state index in [4.69, 9.17) is 4.74 Å². The van der Waals surface area contributed by atoms with Gasteiger partial charge in [-0.15, -0.1) is 0 Å². The second-order valence-corrected chi connectivity index (χ2v) is 16.7. The summed E-state index contributed by atoms with van der Waals surface area (Å²) in [5.41, 5.74) is 19.1. The fraction of sp³-hybridized carbons (Fsp3) is 0.0820. The Morgan fingerprint density at radius 1 is 0.422 bits per heavy atom. The minimum Gasteiger partial charge on any atom is -0.453 e. The van der Waals surface area contributed by atoms with E-state index in [1.165, 1.54) is 50.2 Å². The topological polar surface area (TPSA) is 15.7 Å². The summed E-state index contributed by atoms with van der Waals surface area (Å²) in [5.74, 6) is 1.68. The number of nitrogens with zero attached hydrogens (tertiary/aromatic N) is 2. The summed E-state index contributed by atoms with van der Waals surface area (Å²) in [6.07, 6.45) is 6.57. The second-order valence-electron chi connectivity index (χ2n) is 16.7. The van der Waals surface area contributed by atoms with Crippen LogP contribution in [0, 0.1) is 0 Å². The minimum absolute atomic E-state index is 0.0867. The molecule has 0 aromatic heterocycles. The predicted molar refractivity (Wildman–Crippen MR) is 269 cm³/mol. The Kier molecular flexibility index (Phi) is 10.0. The van der Waals surface area contributed by atoms with Crippen LogP contribution >= 0.6 is 0 Å². The average Bonchev–Trinajstić information content (AvgIpc) is 3.64. The lowest BCUT2D eigenvalue weighted by Crippen LogP contribution is -2.23. The Balaban J connectivity index is 0.942. The summed E-state index contributed by atoms with van der Waals surface area (Å²) in [5, 5.41) is 0. The van der Waals surface area contributed by atoms with Gasteiger partial charge in [-0.3, -0.25) is 0 Å². The first-order valence-corrected chi connectivity index (χ1v) is 22.5. The molecule has 0 spiro atoms. The molecule has 0 N–H and O–H groups in total. The van der Waals surface area contributed by atoms with E-state index >= 15 is 0 Å². The fourth-order valence-electron chi connectivity index (χ4n) is 10.2. The summed E-state index contributed by atoms with van der Waals surface area (Å²) in [4.78, 5) is 4.73. The molecule has 3 heteroatoms. The molecule has 0 radical (unpaired) electrons. The zero-order valence-corrected chi connectivity index (χ0v) is 36.2. The molecule has 0 saturated heterocycles. The number of para-hydroxylation sites is 6. The SMILES string of the molecule is CCC1(CC)c2cc(/C=C/c3ccc(-c4c(-c5ccccc5)cccc4N4c5ccccc5Oc5ccccc54)cc3)ccc2-c2ccc(N(c3ccccc3)c3ccccc3)cc21. The van der Waals surface area contributed by atoms with E-state index < -0.39 is 0 Å². The van der Waals surface area contributed by atoms with Crippen LogP contribution in [0.2, 0.25) is 0 Å². The molecule has 9 aromatic rings. The summed E-state index contributed by atoms with van der Waals surface area (Å²) < 4.78 is 6.43. The van der Waals surface area contributed by atoms with Crippen LogP contribution in [0.3, 0.4) is 0 Å². The largest absolute Gasteiger partial charge is 0.453 e. The van der Waals surface area contributed by atoms with E-state index in [0.717, 1.165) is 63.9 Å². The molecule has 0 unspecified atom stereocenters. The quantitative estimate of drug-likeness (QED) is 0.128. The molecule has 0 fully saturated rings. The lowest BCUT2D eigenvalue weighted by Gasteiger charge is -2.34. The lowest BCUT2D eigenvalue weighted by molar-refractivity contribution is 0.477. The molecule has 1 aliphatic heterocycles. The Bertz CT molecular complexity index is 3070. The van der Waals surface area contributed by atoms with Gasteiger partial charge in [0.1, 0.15) is 0 Å². The third-order valence-electron chi connectivity index (χ3n) is 13.3. The monoisotopic (exact) mass is 824 g/mol. The van der Waals surface area contributed by atoms with Gasteiger partial charge in [-0.1, -0.05) is 178 Å². The third-order valence-corrected chi connectivity index (χ3v) is 13.3. The molecule has 0 saturated carbocycles. The summed E-state index contributed by atoms with van der Waals surface area (Å²) in [6, 6.07) is 78.6. The van der Waals surface area contributed by atoms with Gasteiger partial charge in [-0.05, 0) is 130 Å². The van der Waals surface area contributed by atoms with Crippen molar-refractivity contribution in [3.8, 4) is 44.9 Å². The van der Waals surface area contributed by atoms with E-state index in [1.54, 1.807) is 0 Å². The highest BCUT2D eigenvalue weighted by Gasteiger charge is 2.41. The maximum atomic E-state index is 6.43. The van der Waals surface area contributed by atoms with Crippen molar-refractivity contribution < 1.29 is 4.74 Å². The second kappa shape index (κ2) is 16.4. The van der Waals surface area contributed by atoms with Crippen LogP contribution in [0.5, 0.6) is 11.5 Å². The van der Waals surface area contributed by atoms with E-state index in [0.29, 0.717) is 0 Å². The highest BCUT2D eigenvalue weighted by atomic mass is 16.5. The maximum absolute atomic E-state index is 6.43. The number of fused-ring (bicyclic) bond motifs is 5. The first kappa shape index (κ1) is 39.0. The van der Waals surface area contributed by atoms with Crippen molar-refractivity contribution in [1.29, 1.82) is 0 Å². The number of benzene rings is 9. The van der Waals surface area contributed by atoms with Crippen molar-refractivity contribution >= 4 is 46.3 Å². The van der Waals surface area contributed by atoms with Crippen LogP contribution in [0.4, 0.5) is 34.1 Å². The van der Waals surface area contributed by atoms with Crippen LogP contribution in [-0.2, 0) is 5.41 Å². The van der Waals surface area contributed by atoms with Gasteiger partial charge in [-0.2, -0.15) is 0 Å². The van der Waals surface area contributed by atoms with Gasteiger partial charge in [0.05, 0.1) is 17.1 Å². The predicted octanol–water partition coefficient (Wildman–Crippen LogP) is 17.3. The zero-order chi connectivity index (χ0) is 43.0. The summed E-state index contributed by atoms with van der Waals surface area (Å²) in [6.45, 7) is 4.70. The summed E-state index contributed by atoms with van der Waals surface area (Å²) in [7, 11) is 0. The van der Waals surface area contributed by atoms with E-state index in [1.807, 2.05) is 24.3 Å². The number of anilines is 6. The smallest absolute Gasteiger partial charge is 0.151 e. The van der Waals surface area contributed by atoms with Crippen LogP contribution in [0.15, 0.2) is 218 Å². The van der Waals surface area contributed by atoms with Crippen LogP contribution in [-0.4, -0.2) is 0 Å². The first-order valence-electron chi connectivity index (χ1n) is 22.5. The van der Waals surface area contributed by atoms with E-state index in [9.17, 15) is 0 Å². The Morgan fingerprint density at radius 2 is 0.938 bits per heavy atom. The van der Waals surface area contributed by atoms with Crippen molar-refractivity contribution in [2.75, 3.05) is 9.80 Å². The fourth-order valence-corrected chi connectivity index (χ4v) is 10.2. The molecule has 1 heterocycles. The highest BCUT2D eigenvalue weighted by Crippen LogP contribution is 2.56. The average molecular weight is 825 g/mol. The standard InChI is InChI=1S/C61H48N2O/c1-3-61(4-2)53-41-44(35-39-51(53)52-40-38-49(42-54(52)61)62(47-21-10-6-11-22-47)48-23-12-7-13-24-48)32-31-43-33-36-46(37-34-43)60-50(45-19-8-5-9-20-45)25-18-28-57(60)63-55-26-14-16-29-58(55)64-59-30-17-15-27-56(59)63/h5-42H,3-4H2,1-2H3/b32-31+. The highest BCUT2D eigenvalue weighted by molar-refractivity contribution is 5.99. The normalized spacial score (nSPS) is 13.1. The molecule has 9 aromatic carbocycles. The van der Waals surface area contributed by atoms with Crippen molar-refractivity contribution in [1.82, 2.24) is 0 Å². The van der Waals surface area contributed by atoms with Gasteiger partial charge < -0.3 is 14.5 Å². The van der Waals surface area contributed by atoms with Crippen LogP contribution in [0.1, 0.15) is 48.9 Å². The van der Waals surface area contributed by atoms with Crippen molar-refractivity contribution in [3.05, 3.63) is 241 Å². The Morgan fingerprint density at radius 3 is 1.56 bits per heavy atom. The molecule has 0 bridgehead atoms. The molecular weight excluding hydrogens is 777 g/mol. The molecule has 11 rings (SSSR count). The third kappa shape index (κ3) is 6.69. The first-order chi connectivity index (χ1) is 31.6. The number of rotatable bonds is 10. The van der Waals surface area contributed by atoms with Gasteiger partial charge in [0.15, 0.2) is 11.5 Å². The van der Waals surface area contributed by atoms with Crippen LogP contribution < -0.4 is 14.5 Å². The molecule has 0 amide bonds. The van der Waals surface area contributed by atoms with Gasteiger partial charge in [0.2, 0.25) is 0 Å². The zero-order valence-electron chi connectivity index (χ0n) is 36.2. The number of hydrogen-bond donors (Lipinski definition) is 0. The number of hydrogen-bond acceptors (Lipinski definition) is 3. The van der Waals surface area contributed by atoms with Crippen molar-refractivity contribution in [3.63, 3.8) is 0 Å². The van der Waals surface area contributed by atoms with Gasteiger partial charge in [0, 0.05) is 28.0 Å². The maximum Gasteiger partial charge on any atom is 0.151 e. The lowest BCUT2D eigenvalue weighted by atomic mass is 9.73. The Labute approximate surface area is 376 Å². The van der Waals surface area contributed by atoms with E-state index in [-0.39, 0.29) is 5.41 Å².